The van der Waals surface area contributed by atoms with Crippen LogP contribution in [0.5, 0.6) is 0 Å². The first-order valence-electron chi connectivity index (χ1n) is 9.95. The van der Waals surface area contributed by atoms with Crippen molar-refractivity contribution in [1.82, 2.24) is 4.90 Å². The average molecular weight is 376 g/mol. The van der Waals surface area contributed by atoms with Crippen LogP contribution in [0.2, 0.25) is 0 Å². The summed E-state index contributed by atoms with van der Waals surface area (Å²) in [5.41, 5.74) is 0.694. The van der Waals surface area contributed by atoms with Crippen molar-refractivity contribution in [3.8, 4) is 6.07 Å². The van der Waals surface area contributed by atoms with Crippen LogP contribution in [0.15, 0.2) is 45.6 Å². The van der Waals surface area contributed by atoms with Crippen molar-refractivity contribution >= 4 is 5.91 Å². The van der Waals surface area contributed by atoms with E-state index in [0.29, 0.717) is 43.2 Å². The van der Waals surface area contributed by atoms with Crippen LogP contribution in [-0.4, -0.2) is 23.9 Å². The highest BCUT2D eigenvalue weighted by Crippen LogP contribution is 2.37. The topological polar surface area (TPSA) is 74.3 Å². The van der Waals surface area contributed by atoms with Gasteiger partial charge in [0.15, 0.2) is 0 Å². The number of benzene rings is 1. The number of likely N-dealkylation sites (tertiary alicyclic amines) is 1. The highest BCUT2D eigenvalue weighted by Gasteiger charge is 2.38. The molecule has 2 aliphatic rings. The van der Waals surface area contributed by atoms with E-state index in [1.54, 1.807) is 11.8 Å². The number of aryl methyl sites for hydroxylation is 1. The minimum Gasteiger partial charge on any atom is -0.427 e. The summed E-state index contributed by atoms with van der Waals surface area (Å²) in [5.74, 6) is 0.732. The molecule has 0 unspecified atom stereocenters. The number of nitrogens with zero attached hydrogens (tertiary/aromatic N) is 2. The van der Waals surface area contributed by atoms with Crippen molar-refractivity contribution in [2.24, 2.45) is 0 Å². The van der Waals surface area contributed by atoms with E-state index in [9.17, 15) is 14.9 Å². The smallest absolute Gasteiger partial charge is 0.349 e. The zero-order valence-electron chi connectivity index (χ0n) is 16.1. The quantitative estimate of drug-likeness (QED) is 0.814. The van der Waals surface area contributed by atoms with E-state index < -0.39 is 11.0 Å². The fourth-order valence-electron chi connectivity index (χ4n) is 4.26. The molecule has 0 atom stereocenters. The van der Waals surface area contributed by atoms with E-state index in [2.05, 4.69) is 6.07 Å². The first kappa shape index (κ1) is 18.5. The fourth-order valence-corrected chi connectivity index (χ4v) is 4.26. The second-order valence-corrected chi connectivity index (χ2v) is 7.97. The normalized spacial score (nSPS) is 18.9. The summed E-state index contributed by atoms with van der Waals surface area (Å²) < 4.78 is 5.48. The van der Waals surface area contributed by atoms with Crippen molar-refractivity contribution in [2.75, 3.05) is 13.1 Å². The molecule has 2 aromatic rings. The highest BCUT2D eigenvalue weighted by atomic mass is 16.4. The Morgan fingerprint density at radius 2 is 1.89 bits per heavy atom. The Kier molecular flexibility index (Phi) is 4.80. The van der Waals surface area contributed by atoms with Gasteiger partial charge in [-0.3, -0.25) is 4.79 Å². The third kappa shape index (κ3) is 3.13. The molecule has 0 N–H and O–H groups in total. The van der Waals surface area contributed by atoms with Gasteiger partial charge in [-0.15, -0.1) is 0 Å². The lowest BCUT2D eigenvalue weighted by Gasteiger charge is -2.37. The lowest BCUT2D eigenvalue weighted by molar-refractivity contribution is 0.0685. The molecule has 1 amide bonds. The molecule has 2 fully saturated rings. The summed E-state index contributed by atoms with van der Waals surface area (Å²) in [7, 11) is 0. The summed E-state index contributed by atoms with van der Waals surface area (Å²) >= 11 is 0. The lowest BCUT2D eigenvalue weighted by atomic mass is 9.74. The number of carbonyl (C=O) groups excluding carboxylic acids is 1. The van der Waals surface area contributed by atoms with Gasteiger partial charge >= 0.3 is 5.63 Å². The third-order valence-corrected chi connectivity index (χ3v) is 6.33. The van der Waals surface area contributed by atoms with Gasteiger partial charge in [0.25, 0.3) is 5.91 Å². The second kappa shape index (κ2) is 7.27. The first-order chi connectivity index (χ1) is 13.5. The van der Waals surface area contributed by atoms with Gasteiger partial charge in [-0.25, -0.2) is 4.79 Å². The van der Waals surface area contributed by atoms with Crippen LogP contribution in [0.1, 0.15) is 65.3 Å². The van der Waals surface area contributed by atoms with Gasteiger partial charge in [0, 0.05) is 19.0 Å². The van der Waals surface area contributed by atoms with Crippen LogP contribution >= 0.6 is 0 Å². The second-order valence-electron chi connectivity index (χ2n) is 7.97. The van der Waals surface area contributed by atoms with Crippen LogP contribution in [0.4, 0.5) is 0 Å². The number of nitriles is 1. The average Bonchev–Trinajstić information content (AvgIpc) is 2.67. The molecule has 1 aromatic carbocycles. The fraction of sp³-hybridized carbons (Fsp3) is 0.435. The predicted octanol–water partition coefficient (Wildman–Crippen LogP) is 3.91. The lowest BCUT2D eigenvalue weighted by Crippen LogP contribution is -2.45. The molecular weight excluding hydrogens is 352 g/mol. The summed E-state index contributed by atoms with van der Waals surface area (Å²) in [6, 6.07) is 14.1. The van der Waals surface area contributed by atoms with Gasteiger partial charge in [0.2, 0.25) is 0 Å². The molecule has 4 rings (SSSR count). The monoisotopic (exact) mass is 376 g/mol. The van der Waals surface area contributed by atoms with E-state index in [-0.39, 0.29) is 11.5 Å². The molecule has 144 valence electrons. The molecule has 1 aliphatic carbocycles. The van der Waals surface area contributed by atoms with Gasteiger partial charge in [-0.1, -0.05) is 36.8 Å². The molecule has 5 nitrogen and oxygen atoms in total. The molecule has 0 bridgehead atoms. The van der Waals surface area contributed by atoms with Crippen LogP contribution in [0, 0.1) is 18.3 Å². The molecular formula is C23H24N2O3. The van der Waals surface area contributed by atoms with Gasteiger partial charge in [0.05, 0.1) is 11.5 Å². The Bertz CT molecular complexity index is 975. The number of piperidine rings is 1. The van der Waals surface area contributed by atoms with Crippen molar-refractivity contribution in [3.63, 3.8) is 0 Å². The van der Waals surface area contributed by atoms with Crippen LogP contribution in [0.25, 0.3) is 0 Å². The van der Waals surface area contributed by atoms with Crippen molar-refractivity contribution in [3.05, 3.63) is 69.3 Å². The summed E-state index contributed by atoms with van der Waals surface area (Å²) in [6.07, 6.45) is 4.35. The Morgan fingerprint density at radius 3 is 2.43 bits per heavy atom. The van der Waals surface area contributed by atoms with Gasteiger partial charge in [0.1, 0.15) is 11.3 Å². The molecule has 28 heavy (non-hydrogen) atoms. The largest absolute Gasteiger partial charge is 0.427 e. The van der Waals surface area contributed by atoms with Crippen LogP contribution in [-0.2, 0) is 5.41 Å². The van der Waals surface area contributed by atoms with E-state index in [1.807, 2.05) is 36.4 Å². The molecule has 0 spiro atoms. The zero-order valence-corrected chi connectivity index (χ0v) is 16.1. The maximum atomic E-state index is 13.0. The van der Waals surface area contributed by atoms with Gasteiger partial charge in [-0.05, 0) is 49.8 Å². The predicted molar refractivity (Wildman–Crippen MR) is 105 cm³/mol. The standard InChI is InChI=1S/C23H24N2O3/c1-16-14-19(17-6-5-7-17)28-22(27)20(16)21(26)25-12-10-23(15-24,11-13-25)18-8-3-2-4-9-18/h2-4,8-9,14,17H,5-7,10-13H2,1H3. The minimum atomic E-state index is -0.578. The van der Waals surface area contributed by atoms with Crippen LogP contribution < -0.4 is 5.63 Å². The molecule has 2 heterocycles. The van der Waals surface area contributed by atoms with Crippen molar-refractivity contribution < 1.29 is 9.21 Å². The van der Waals surface area contributed by atoms with Crippen molar-refractivity contribution in [2.45, 2.75) is 50.4 Å². The summed E-state index contributed by atoms with van der Waals surface area (Å²) in [5, 5.41) is 9.82. The first-order valence-corrected chi connectivity index (χ1v) is 9.95. The van der Waals surface area contributed by atoms with E-state index in [1.165, 1.54) is 0 Å². The maximum absolute atomic E-state index is 13.0. The number of hydrogen-bond acceptors (Lipinski definition) is 4. The Morgan fingerprint density at radius 1 is 1.21 bits per heavy atom. The SMILES string of the molecule is Cc1cc(C2CCC2)oc(=O)c1C(=O)N1CCC(C#N)(c2ccccc2)CC1. The van der Waals surface area contributed by atoms with E-state index in [4.69, 9.17) is 4.42 Å². The number of carbonyl (C=O) groups is 1. The van der Waals surface area contributed by atoms with Gasteiger partial charge < -0.3 is 9.32 Å². The van der Waals surface area contributed by atoms with Gasteiger partial charge in [-0.2, -0.15) is 5.26 Å². The molecule has 1 saturated carbocycles. The molecule has 1 aromatic heterocycles. The third-order valence-electron chi connectivity index (χ3n) is 6.33. The molecule has 1 saturated heterocycles. The van der Waals surface area contributed by atoms with Crippen LogP contribution in [0.3, 0.4) is 0 Å². The molecule has 5 heteroatoms. The van der Waals surface area contributed by atoms with E-state index >= 15 is 0 Å². The highest BCUT2D eigenvalue weighted by molar-refractivity contribution is 5.95. The molecule has 1 aliphatic heterocycles. The molecule has 0 radical (unpaired) electrons. The number of rotatable bonds is 3. The van der Waals surface area contributed by atoms with Crippen molar-refractivity contribution in [1.29, 1.82) is 5.26 Å². The number of hydrogen-bond donors (Lipinski definition) is 0. The maximum Gasteiger partial charge on any atom is 0.349 e. The number of amides is 1. The Balaban J connectivity index is 1.53. The Labute approximate surface area is 164 Å². The Hall–Kier alpha value is -2.87. The minimum absolute atomic E-state index is 0.132. The van der Waals surface area contributed by atoms with E-state index in [0.717, 1.165) is 24.8 Å². The summed E-state index contributed by atoms with van der Waals surface area (Å²) in [4.78, 5) is 27.2. The zero-order chi connectivity index (χ0) is 19.7. The summed E-state index contributed by atoms with van der Waals surface area (Å²) in [6.45, 7) is 2.70.